The summed E-state index contributed by atoms with van der Waals surface area (Å²) in [5.41, 5.74) is 1.09. The molecule has 0 aliphatic rings. The van der Waals surface area contributed by atoms with E-state index in [9.17, 15) is 9.59 Å². The van der Waals surface area contributed by atoms with Crippen LogP contribution < -0.4 is 5.56 Å². The van der Waals surface area contributed by atoms with Gasteiger partial charge in [0.25, 0.3) is 11.5 Å². The fraction of sp³-hybridized carbons (Fsp3) is 0.312. The Morgan fingerprint density at radius 2 is 2.25 bits per heavy atom. The first-order chi connectivity index (χ1) is 11.4. The van der Waals surface area contributed by atoms with Gasteiger partial charge in [-0.1, -0.05) is 0 Å². The zero-order valence-electron chi connectivity index (χ0n) is 13.5. The largest absolute Gasteiger partial charge is 0.340 e. The number of aromatic nitrogens is 3. The Morgan fingerprint density at radius 3 is 2.96 bits per heavy atom. The van der Waals surface area contributed by atoms with E-state index in [0.29, 0.717) is 21.7 Å². The van der Waals surface area contributed by atoms with Gasteiger partial charge in [0.05, 0.1) is 12.1 Å². The number of rotatable bonds is 4. The normalized spacial score (nSPS) is 11.4. The van der Waals surface area contributed by atoms with Gasteiger partial charge < -0.3 is 14.5 Å². The minimum absolute atomic E-state index is 0.123. The van der Waals surface area contributed by atoms with E-state index in [1.807, 2.05) is 36.1 Å². The van der Waals surface area contributed by atoms with Crippen molar-refractivity contribution in [1.82, 2.24) is 19.4 Å². The van der Waals surface area contributed by atoms with E-state index in [4.69, 9.17) is 0 Å². The number of H-pyrrole nitrogens is 1. The Labute approximate surface area is 151 Å². The molecular weight excluding hydrogens is 392 g/mol. The van der Waals surface area contributed by atoms with E-state index >= 15 is 0 Å². The van der Waals surface area contributed by atoms with E-state index in [1.54, 1.807) is 18.0 Å². The van der Waals surface area contributed by atoms with Crippen LogP contribution in [-0.4, -0.2) is 32.4 Å². The number of carbonyl (C=O) groups is 1. The molecule has 3 heterocycles. The van der Waals surface area contributed by atoms with Crippen LogP contribution in [0.1, 0.15) is 36.2 Å². The van der Waals surface area contributed by atoms with Crippen molar-refractivity contribution in [2.24, 2.45) is 0 Å². The van der Waals surface area contributed by atoms with E-state index < -0.39 is 0 Å². The van der Waals surface area contributed by atoms with Crippen molar-refractivity contribution in [3.05, 3.63) is 50.1 Å². The second-order valence-electron chi connectivity index (χ2n) is 5.85. The first-order valence-corrected chi connectivity index (χ1v) is 9.13. The number of thiophene rings is 1. The minimum atomic E-state index is -0.167. The Kier molecular flexibility index (Phi) is 4.60. The van der Waals surface area contributed by atoms with Gasteiger partial charge in [0.15, 0.2) is 0 Å². The first-order valence-electron chi connectivity index (χ1n) is 7.46. The molecule has 0 aromatic carbocycles. The van der Waals surface area contributed by atoms with Gasteiger partial charge in [-0.15, -0.1) is 11.3 Å². The number of nitrogens with one attached hydrogen (secondary N) is 1. The molecule has 0 unspecified atom stereocenters. The third-order valence-electron chi connectivity index (χ3n) is 3.69. The zero-order chi connectivity index (χ0) is 17.4. The summed E-state index contributed by atoms with van der Waals surface area (Å²) in [4.78, 5) is 33.5. The lowest BCUT2D eigenvalue weighted by atomic mass is 10.3. The molecule has 126 valence electrons. The number of nitrogens with zero attached hydrogens (tertiary/aromatic N) is 3. The molecule has 1 N–H and O–H groups in total. The average molecular weight is 409 g/mol. The van der Waals surface area contributed by atoms with Crippen LogP contribution in [0.5, 0.6) is 0 Å². The molecule has 3 aromatic rings. The summed E-state index contributed by atoms with van der Waals surface area (Å²) in [5, 5.41) is 1.83. The van der Waals surface area contributed by atoms with E-state index in [-0.39, 0.29) is 24.1 Å². The maximum Gasteiger partial charge on any atom is 0.270 e. The maximum atomic E-state index is 12.8. The van der Waals surface area contributed by atoms with Crippen LogP contribution in [0.2, 0.25) is 0 Å². The predicted molar refractivity (Wildman–Crippen MR) is 98.6 cm³/mol. The highest BCUT2D eigenvalue weighted by Gasteiger charge is 2.19. The Balaban J connectivity index is 1.87. The fourth-order valence-electron chi connectivity index (χ4n) is 2.53. The van der Waals surface area contributed by atoms with Gasteiger partial charge in [-0.05, 0) is 47.3 Å². The van der Waals surface area contributed by atoms with Gasteiger partial charge in [-0.2, -0.15) is 0 Å². The molecular formula is C16H17BrN4O2S. The van der Waals surface area contributed by atoms with Crippen LogP contribution in [0.3, 0.4) is 0 Å². The highest BCUT2D eigenvalue weighted by Crippen LogP contribution is 2.21. The van der Waals surface area contributed by atoms with E-state index in [2.05, 4.69) is 25.9 Å². The maximum absolute atomic E-state index is 12.8. The van der Waals surface area contributed by atoms with Gasteiger partial charge in [-0.3, -0.25) is 9.59 Å². The van der Waals surface area contributed by atoms with Crippen molar-refractivity contribution in [1.29, 1.82) is 0 Å². The standard InChI is InChI=1S/C16H17BrN4O2S/c1-9(2)21-7-10(17)6-12(21)16(23)20(3)8-13-18-11-4-5-24-14(11)15(22)19-13/h4-7,9H,8H2,1-3H3,(H,18,19,22). The monoisotopic (exact) mass is 408 g/mol. The Morgan fingerprint density at radius 1 is 1.50 bits per heavy atom. The molecule has 0 atom stereocenters. The lowest BCUT2D eigenvalue weighted by Gasteiger charge is -2.19. The molecule has 0 radical (unpaired) electrons. The van der Waals surface area contributed by atoms with Crippen LogP contribution in [-0.2, 0) is 6.54 Å². The summed E-state index contributed by atoms with van der Waals surface area (Å²) in [7, 11) is 1.70. The van der Waals surface area contributed by atoms with Gasteiger partial charge in [-0.25, -0.2) is 4.98 Å². The molecule has 0 fully saturated rings. The summed E-state index contributed by atoms with van der Waals surface area (Å²) in [6.45, 7) is 4.28. The van der Waals surface area contributed by atoms with Crippen molar-refractivity contribution < 1.29 is 4.79 Å². The molecule has 0 spiro atoms. The van der Waals surface area contributed by atoms with Crippen LogP contribution in [0.15, 0.2) is 33.0 Å². The number of aromatic amines is 1. The molecule has 0 bridgehead atoms. The fourth-order valence-corrected chi connectivity index (χ4v) is 3.70. The third-order valence-corrected chi connectivity index (χ3v) is 5.02. The number of hydrogen-bond acceptors (Lipinski definition) is 4. The van der Waals surface area contributed by atoms with Crippen LogP contribution >= 0.6 is 27.3 Å². The molecule has 0 saturated heterocycles. The lowest BCUT2D eigenvalue weighted by Crippen LogP contribution is -2.30. The highest BCUT2D eigenvalue weighted by atomic mass is 79.9. The number of hydrogen-bond donors (Lipinski definition) is 1. The van der Waals surface area contributed by atoms with Crippen molar-refractivity contribution in [2.75, 3.05) is 7.05 Å². The lowest BCUT2D eigenvalue weighted by molar-refractivity contribution is 0.0769. The predicted octanol–water partition coefficient (Wildman–Crippen LogP) is 3.40. The molecule has 0 aliphatic heterocycles. The molecule has 24 heavy (non-hydrogen) atoms. The quantitative estimate of drug-likeness (QED) is 0.718. The zero-order valence-corrected chi connectivity index (χ0v) is 15.9. The van der Waals surface area contributed by atoms with Gasteiger partial charge in [0.1, 0.15) is 16.2 Å². The summed E-state index contributed by atoms with van der Waals surface area (Å²) in [6.07, 6.45) is 1.89. The summed E-state index contributed by atoms with van der Waals surface area (Å²) < 4.78 is 3.38. The second-order valence-corrected chi connectivity index (χ2v) is 7.69. The van der Waals surface area contributed by atoms with Gasteiger partial charge >= 0.3 is 0 Å². The Bertz CT molecular complexity index is 957. The molecule has 3 rings (SSSR count). The summed E-state index contributed by atoms with van der Waals surface area (Å²) in [5.74, 6) is 0.353. The molecule has 3 aromatic heterocycles. The number of carbonyl (C=O) groups excluding carboxylic acids is 1. The first kappa shape index (κ1) is 16.9. The third kappa shape index (κ3) is 3.16. The number of amides is 1. The minimum Gasteiger partial charge on any atom is -0.340 e. The molecule has 8 heteroatoms. The van der Waals surface area contributed by atoms with Crippen molar-refractivity contribution >= 4 is 43.4 Å². The van der Waals surface area contributed by atoms with Crippen molar-refractivity contribution in [3.63, 3.8) is 0 Å². The summed E-state index contributed by atoms with van der Waals surface area (Å²) in [6, 6.07) is 3.78. The van der Waals surface area contributed by atoms with E-state index in [1.165, 1.54) is 11.3 Å². The highest BCUT2D eigenvalue weighted by molar-refractivity contribution is 9.10. The van der Waals surface area contributed by atoms with E-state index in [0.717, 1.165) is 4.47 Å². The van der Waals surface area contributed by atoms with Crippen LogP contribution in [0.4, 0.5) is 0 Å². The number of halogens is 1. The summed E-state index contributed by atoms with van der Waals surface area (Å²) >= 11 is 4.77. The second kappa shape index (κ2) is 6.52. The average Bonchev–Trinajstić information content (AvgIpc) is 3.13. The topological polar surface area (TPSA) is 71.0 Å². The molecule has 0 saturated carbocycles. The smallest absolute Gasteiger partial charge is 0.270 e. The van der Waals surface area contributed by atoms with Crippen LogP contribution in [0.25, 0.3) is 10.2 Å². The van der Waals surface area contributed by atoms with Gasteiger partial charge in [0.2, 0.25) is 0 Å². The van der Waals surface area contributed by atoms with Gasteiger partial charge in [0, 0.05) is 23.8 Å². The Hall–Kier alpha value is -1.93. The van der Waals surface area contributed by atoms with Crippen LogP contribution in [0, 0.1) is 0 Å². The molecule has 1 amide bonds. The molecule has 0 aliphatic carbocycles. The molecule has 6 nitrogen and oxygen atoms in total. The SMILES string of the molecule is CC(C)n1cc(Br)cc1C(=O)N(C)Cc1nc2ccsc2c(=O)[nH]1. The van der Waals surface area contributed by atoms with Crippen molar-refractivity contribution in [3.8, 4) is 0 Å². The number of fused-ring (bicyclic) bond motifs is 1. The van der Waals surface area contributed by atoms with Crippen molar-refractivity contribution in [2.45, 2.75) is 26.4 Å².